The summed E-state index contributed by atoms with van der Waals surface area (Å²) in [6.45, 7) is 0. The minimum absolute atomic E-state index is 0.397. The van der Waals surface area contributed by atoms with E-state index in [1.165, 1.54) is 6.08 Å². The zero-order valence-electron chi connectivity index (χ0n) is 12.0. The first-order valence-electron chi connectivity index (χ1n) is 6.75. The van der Waals surface area contributed by atoms with Crippen LogP contribution in [0.15, 0.2) is 54.6 Å². The third-order valence-electron chi connectivity index (χ3n) is 3.07. The van der Waals surface area contributed by atoms with Crippen molar-refractivity contribution < 1.29 is 9.59 Å². The molecule has 0 aliphatic heterocycles. The molecule has 2 aromatic carbocycles. The topological polar surface area (TPSA) is 72.2 Å². The summed E-state index contributed by atoms with van der Waals surface area (Å²) in [5.74, 6) is -1.07. The molecule has 0 spiro atoms. The summed E-state index contributed by atoms with van der Waals surface area (Å²) in [7, 11) is 0. The third kappa shape index (κ3) is 4.84. The molecule has 118 valence electrons. The van der Waals surface area contributed by atoms with Crippen LogP contribution < -0.4 is 11.1 Å². The lowest BCUT2D eigenvalue weighted by Crippen LogP contribution is -2.36. The number of primary amides is 1. The highest BCUT2D eigenvalue weighted by molar-refractivity contribution is 6.42. The number of halogens is 2. The Balaban J connectivity index is 2.09. The van der Waals surface area contributed by atoms with Gasteiger partial charge in [-0.25, -0.2) is 0 Å². The zero-order valence-corrected chi connectivity index (χ0v) is 13.5. The highest BCUT2D eigenvalue weighted by atomic mass is 35.5. The molecule has 6 heteroatoms. The van der Waals surface area contributed by atoms with Crippen LogP contribution in [0.25, 0.3) is 6.08 Å². The van der Waals surface area contributed by atoms with E-state index in [4.69, 9.17) is 28.9 Å². The van der Waals surface area contributed by atoms with Crippen LogP contribution in [-0.2, 0) is 9.59 Å². The van der Waals surface area contributed by atoms with E-state index in [-0.39, 0.29) is 0 Å². The smallest absolute Gasteiger partial charge is 0.244 e. The molecule has 0 radical (unpaired) electrons. The Labute approximate surface area is 143 Å². The largest absolute Gasteiger partial charge is 0.368 e. The predicted molar refractivity (Wildman–Crippen MR) is 92.0 cm³/mol. The summed E-state index contributed by atoms with van der Waals surface area (Å²) < 4.78 is 0. The summed E-state index contributed by atoms with van der Waals surface area (Å²) in [5.41, 5.74) is 6.69. The van der Waals surface area contributed by atoms with Gasteiger partial charge in [-0.2, -0.15) is 0 Å². The van der Waals surface area contributed by atoms with Gasteiger partial charge in [0.2, 0.25) is 11.8 Å². The normalized spacial score (nSPS) is 12.1. The number of carbonyl (C=O) groups is 2. The summed E-state index contributed by atoms with van der Waals surface area (Å²) in [5, 5.41) is 3.40. The van der Waals surface area contributed by atoms with Crippen molar-refractivity contribution in [1.82, 2.24) is 5.32 Å². The highest BCUT2D eigenvalue weighted by Gasteiger charge is 2.18. The maximum Gasteiger partial charge on any atom is 0.244 e. The van der Waals surface area contributed by atoms with Gasteiger partial charge in [-0.15, -0.1) is 0 Å². The summed E-state index contributed by atoms with van der Waals surface area (Å²) in [6, 6.07) is 12.9. The Kier molecular flexibility index (Phi) is 5.79. The quantitative estimate of drug-likeness (QED) is 0.813. The monoisotopic (exact) mass is 348 g/mol. The second-order valence-electron chi connectivity index (χ2n) is 4.76. The molecule has 2 rings (SSSR count). The molecule has 3 N–H and O–H groups in total. The van der Waals surface area contributed by atoms with E-state index in [9.17, 15) is 9.59 Å². The fourth-order valence-corrected chi connectivity index (χ4v) is 2.25. The number of hydrogen-bond acceptors (Lipinski definition) is 2. The van der Waals surface area contributed by atoms with Crippen molar-refractivity contribution in [3.8, 4) is 0 Å². The molecule has 2 aromatic rings. The number of rotatable bonds is 5. The summed E-state index contributed by atoms with van der Waals surface area (Å²) in [4.78, 5) is 23.5. The Bertz CT molecular complexity index is 746. The van der Waals surface area contributed by atoms with Gasteiger partial charge in [0.1, 0.15) is 6.04 Å². The molecule has 0 aromatic heterocycles. The van der Waals surface area contributed by atoms with Crippen molar-refractivity contribution in [3.63, 3.8) is 0 Å². The van der Waals surface area contributed by atoms with E-state index in [1.807, 2.05) is 6.07 Å². The summed E-state index contributed by atoms with van der Waals surface area (Å²) >= 11 is 11.7. The number of carbonyl (C=O) groups excluding carboxylic acids is 2. The molecule has 23 heavy (non-hydrogen) atoms. The lowest BCUT2D eigenvalue weighted by molar-refractivity contribution is -0.125. The molecule has 0 aliphatic carbocycles. The Morgan fingerprint density at radius 3 is 2.35 bits per heavy atom. The molecule has 0 fully saturated rings. The Morgan fingerprint density at radius 2 is 1.74 bits per heavy atom. The minimum atomic E-state index is -0.887. The number of amides is 2. The second-order valence-corrected chi connectivity index (χ2v) is 5.58. The maximum absolute atomic E-state index is 12.0. The molecule has 1 unspecified atom stereocenters. The van der Waals surface area contributed by atoms with Gasteiger partial charge in [0, 0.05) is 6.08 Å². The molecule has 0 saturated carbocycles. The van der Waals surface area contributed by atoms with Crippen molar-refractivity contribution in [3.05, 3.63) is 75.8 Å². The molecule has 0 aliphatic rings. The number of hydrogen-bond donors (Lipinski definition) is 2. The molecule has 4 nitrogen and oxygen atoms in total. The fraction of sp³-hybridized carbons (Fsp3) is 0.0588. The lowest BCUT2D eigenvalue weighted by Gasteiger charge is -2.14. The molecule has 0 saturated heterocycles. The highest BCUT2D eigenvalue weighted by Crippen LogP contribution is 2.23. The summed E-state index contributed by atoms with van der Waals surface area (Å²) in [6.07, 6.45) is 2.87. The first-order valence-corrected chi connectivity index (χ1v) is 7.51. The van der Waals surface area contributed by atoms with Crippen LogP contribution in [-0.4, -0.2) is 11.8 Å². The Morgan fingerprint density at radius 1 is 1.04 bits per heavy atom. The number of nitrogens with one attached hydrogen (secondary N) is 1. The van der Waals surface area contributed by atoms with Gasteiger partial charge >= 0.3 is 0 Å². The Hall–Kier alpha value is -2.30. The van der Waals surface area contributed by atoms with Crippen molar-refractivity contribution in [1.29, 1.82) is 0 Å². The van der Waals surface area contributed by atoms with E-state index < -0.39 is 17.9 Å². The van der Waals surface area contributed by atoms with Gasteiger partial charge in [-0.3, -0.25) is 9.59 Å². The van der Waals surface area contributed by atoms with Crippen molar-refractivity contribution in [2.24, 2.45) is 5.73 Å². The van der Waals surface area contributed by atoms with Crippen LogP contribution >= 0.6 is 23.2 Å². The molecular formula is C17H14Cl2N2O2. The molecule has 0 bridgehead atoms. The maximum atomic E-state index is 12.0. The van der Waals surface area contributed by atoms with Crippen LogP contribution in [0, 0.1) is 0 Å². The standard InChI is InChI=1S/C17H14Cl2N2O2/c18-13-8-6-11(10-14(13)19)7-9-15(22)21-16(17(20)23)12-4-2-1-3-5-12/h1-10,16H,(H2,20,23)(H,21,22)/b9-7+. The first-order chi connectivity index (χ1) is 11.0. The van der Waals surface area contributed by atoms with Crippen LogP contribution in [0.1, 0.15) is 17.2 Å². The number of nitrogens with two attached hydrogens (primary N) is 1. The second kappa shape index (κ2) is 7.81. The van der Waals surface area contributed by atoms with E-state index in [2.05, 4.69) is 5.32 Å². The van der Waals surface area contributed by atoms with Crippen LogP contribution in [0.2, 0.25) is 10.0 Å². The van der Waals surface area contributed by atoms with Gasteiger partial charge in [-0.1, -0.05) is 59.6 Å². The van der Waals surface area contributed by atoms with Gasteiger partial charge in [0.25, 0.3) is 0 Å². The van der Waals surface area contributed by atoms with Crippen LogP contribution in [0.3, 0.4) is 0 Å². The van der Waals surface area contributed by atoms with Gasteiger partial charge in [-0.05, 0) is 29.3 Å². The van der Waals surface area contributed by atoms with E-state index in [0.29, 0.717) is 21.2 Å². The van der Waals surface area contributed by atoms with Crippen molar-refractivity contribution in [2.75, 3.05) is 0 Å². The first kappa shape index (κ1) is 17.1. The van der Waals surface area contributed by atoms with Gasteiger partial charge in [0.05, 0.1) is 10.0 Å². The third-order valence-corrected chi connectivity index (χ3v) is 3.81. The van der Waals surface area contributed by atoms with E-state index in [0.717, 1.165) is 0 Å². The minimum Gasteiger partial charge on any atom is -0.368 e. The average Bonchev–Trinajstić information content (AvgIpc) is 2.54. The average molecular weight is 349 g/mol. The molecule has 1 atom stereocenters. The van der Waals surface area contributed by atoms with Crippen LogP contribution in [0.5, 0.6) is 0 Å². The van der Waals surface area contributed by atoms with Gasteiger partial charge < -0.3 is 11.1 Å². The fourth-order valence-electron chi connectivity index (χ4n) is 1.94. The molecular weight excluding hydrogens is 335 g/mol. The van der Waals surface area contributed by atoms with Gasteiger partial charge in [0.15, 0.2) is 0 Å². The SMILES string of the molecule is NC(=O)C(NC(=O)/C=C/c1ccc(Cl)c(Cl)c1)c1ccccc1. The number of benzene rings is 2. The van der Waals surface area contributed by atoms with Crippen molar-refractivity contribution >= 4 is 41.1 Å². The zero-order chi connectivity index (χ0) is 16.8. The van der Waals surface area contributed by atoms with E-state index >= 15 is 0 Å². The van der Waals surface area contributed by atoms with Crippen molar-refractivity contribution in [2.45, 2.75) is 6.04 Å². The van der Waals surface area contributed by atoms with E-state index in [1.54, 1.807) is 48.5 Å². The van der Waals surface area contributed by atoms with Crippen LogP contribution in [0.4, 0.5) is 0 Å². The lowest BCUT2D eigenvalue weighted by atomic mass is 10.1. The predicted octanol–water partition coefficient (Wildman–Crippen LogP) is 3.35. The molecule has 0 heterocycles. The molecule has 2 amide bonds.